The van der Waals surface area contributed by atoms with E-state index >= 15 is 0 Å². The van der Waals surface area contributed by atoms with E-state index in [1.807, 2.05) is 55.5 Å². The Bertz CT molecular complexity index is 598. The van der Waals surface area contributed by atoms with E-state index in [0.717, 1.165) is 29.7 Å². The van der Waals surface area contributed by atoms with Crippen LogP contribution in [0.2, 0.25) is 5.02 Å². The van der Waals surface area contributed by atoms with E-state index < -0.39 is 5.60 Å². The van der Waals surface area contributed by atoms with Crippen molar-refractivity contribution in [2.45, 2.75) is 37.9 Å². The van der Waals surface area contributed by atoms with Crippen LogP contribution >= 0.6 is 11.6 Å². The van der Waals surface area contributed by atoms with Gasteiger partial charge in [0.2, 0.25) is 0 Å². The first-order chi connectivity index (χ1) is 10.0. The van der Waals surface area contributed by atoms with Crippen molar-refractivity contribution in [1.82, 2.24) is 0 Å². The number of hydrogen-bond acceptors (Lipinski definition) is 2. The van der Waals surface area contributed by atoms with Gasteiger partial charge in [-0.25, -0.2) is 0 Å². The molecule has 1 fully saturated rings. The van der Waals surface area contributed by atoms with E-state index in [2.05, 4.69) is 0 Å². The quantitative estimate of drug-likeness (QED) is 0.890. The Balaban J connectivity index is 1.71. The van der Waals surface area contributed by atoms with Gasteiger partial charge in [0.25, 0.3) is 0 Å². The maximum absolute atomic E-state index is 10.7. The molecule has 2 aromatic carbocycles. The van der Waals surface area contributed by atoms with Crippen molar-refractivity contribution in [3.8, 4) is 5.75 Å². The summed E-state index contributed by atoms with van der Waals surface area (Å²) in [6.07, 6.45) is 3.24. The van der Waals surface area contributed by atoms with Gasteiger partial charge in [0.1, 0.15) is 5.75 Å². The Morgan fingerprint density at radius 2 is 1.71 bits per heavy atom. The minimum Gasteiger partial charge on any atom is -0.490 e. The molecule has 3 rings (SSSR count). The standard InChI is InChI=1S/C18H19ClO2/c1-18(20,12-13-2-6-15(19)7-3-13)14-4-8-16(9-5-14)21-17-10-11-17/h2-9,17,20H,10-12H2,1H3. The summed E-state index contributed by atoms with van der Waals surface area (Å²) in [6.45, 7) is 1.83. The highest BCUT2D eigenvalue weighted by Gasteiger charge is 2.25. The molecule has 0 radical (unpaired) electrons. The van der Waals surface area contributed by atoms with E-state index in [1.165, 1.54) is 0 Å². The molecule has 0 spiro atoms. The Morgan fingerprint density at radius 3 is 2.29 bits per heavy atom. The molecule has 1 aliphatic carbocycles. The van der Waals surface area contributed by atoms with Gasteiger partial charge in [0.15, 0.2) is 0 Å². The summed E-state index contributed by atoms with van der Waals surface area (Å²) in [5.74, 6) is 0.878. The van der Waals surface area contributed by atoms with Gasteiger partial charge >= 0.3 is 0 Å². The lowest BCUT2D eigenvalue weighted by atomic mass is 9.89. The zero-order valence-corrected chi connectivity index (χ0v) is 12.8. The first-order valence-electron chi connectivity index (χ1n) is 7.27. The van der Waals surface area contributed by atoms with Gasteiger partial charge in [-0.3, -0.25) is 0 Å². The lowest BCUT2D eigenvalue weighted by molar-refractivity contribution is 0.0576. The Kier molecular flexibility index (Phi) is 3.92. The lowest BCUT2D eigenvalue weighted by Gasteiger charge is -2.24. The molecule has 1 saturated carbocycles. The topological polar surface area (TPSA) is 29.5 Å². The minimum absolute atomic E-state index is 0.394. The first kappa shape index (κ1) is 14.4. The van der Waals surface area contributed by atoms with Gasteiger partial charge < -0.3 is 9.84 Å². The molecule has 1 N–H and O–H groups in total. The molecule has 0 saturated heterocycles. The predicted molar refractivity (Wildman–Crippen MR) is 84.8 cm³/mol. The Morgan fingerprint density at radius 1 is 1.10 bits per heavy atom. The van der Waals surface area contributed by atoms with Crippen LogP contribution in [-0.4, -0.2) is 11.2 Å². The molecule has 2 nitrogen and oxygen atoms in total. The largest absolute Gasteiger partial charge is 0.490 e. The van der Waals surface area contributed by atoms with Crippen molar-refractivity contribution in [3.63, 3.8) is 0 Å². The maximum atomic E-state index is 10.7. The second-order valence-corrected chi connectivity index (χ2v) is 6.36. The summed E-state index contributed by atoms with van der Waals surface area (Å²) in [7, 11) is 0. The summed E-state index contributed by atoms with van der Waals surface area (Å²) >= 11 is 5.89. The SMILES string of the molecule is CC(O)(Cc1ccc(Cl)cc1)c1ccc(OC2CC2)cc1. The van der Waals surface area contributed by atoms with Crippen molar-refractivity contribution in [1.29, 1.82) is 0 Å². The highest BCUT2D eigenvalue weighted by molar-refractivity contribution is 6.30. The van der Waals surface area contributed by atoms with Crippen LogP contribution in [0.1, 0.15) is 30.9 Å². The molecule has 3 heteroatoms. The predicted octanol–water partition coefficient (Wildman–Crippen LogP) is 4.33. The zero-order valence-electron chi connectivity index (χ0n) is 12.1. The van der Waals surface area contributed by atoms with E-state index in [-0.39, 0.29) is 0 Å². The minimum atomic E-state index is -0.911. The fourth-order valence-corrected chi connectivity index (χ4v) is 2.50. The van der Waals surface area contributed by atoms with Gasteiger partial charge in [0.05, 0.1) is 11.7 Å². The summed E-state index contributed by atoms with van der Waals surface area (Å²) in [5, 5.41) is 11.4. The molecule has 1 atom stereocenters. The van der Waals surface area contributed by atoms with Crippen molar-refractivity contribution < 1.29 is 9.84 Å². The van der Waals surface area contributed by atoms with Crippen molar-refractivity contribution in [2.75, 3.05) is 0 Å². The fraction of sp³-hybridized carbons (Fsp3) is 0.333. The maximum Gasteiger partial charge on any atom is 0.119 e. The van der Waals surface area contributed by atoms with Crippen LogP contribution in [0, 0.1) is 0 Å². The summed E-state index contributed by atoms with van der Waals surface area (Å²) < 4.78 is 5.73. The molecule has 2 aromatic rings. The molecular weight excluding hydrogens is 284 g/mol. The van der Waals surface area contributed by atoms with Crippen molar-refractivity contribution in [3.05, 3.63) is 64.7 Å². The lowest BCUT2D eigenvalue weighted by Crippen LogP contribution is -2.24. The monoisotopic (exact) mass is 302 g/mol. The number of halogens is 1. The van der Waals surface area contributed by atoms with Crippen LogP contribution in [0.4, 0.5) is 0 Å². The van der Waals surface area contributed by atoms with E-state index in [4.69, 9.17) is 16.3 Å². The third kappa shape index (κ3) is 3.78. The summed E-state index contributed by atoms with van der Waals surface area (Å²) in [4.78, 5) is 0. The number of ether oxygens (including phenoxy) is 1. The van der Waals surface area contributed by atoms with Crippen LogP contribution in [0.5, 0.6) is 5.75 Å². The number of benzene rings is 2. The van der Waals surface area contributed by atoms with Crippen LogP contribution in [0.3, 0.4) is 0 Å². The number of hydrogen-bond donors (Lipinski definition) is 1. The highest BCUT2D eigenvalue weighted by atomic mass is 35.5. The Labute approximate surface area is 130 Å². The third-order valence-corrected chi connectivity index (χ3v) is 4.02. The molecule has 110 valence electrons. The van der Waals surface area contributed by atoms with E-state index in [1.54, 1.807) is 0 Å². The Hall–Kier alpha value is -1.51. The number of aliphatic hydroxyl groups is 1. The fourth-order valence-electron chi connectivity index (χ4n) is 2.37. The van der Waals surface area contributed by atoms with Crippen molar-refractivity contribution >= 4 is 11.6 Å². The molecular formula is C18H19ClO2. The highest BCUT2D eigenvalue weighted by Crippen LogP contribution is 2.30. The molecule has 0 heterocycles. The normalized spacial score (nSPS) is 17.3. The van der Waals surface area contributed by atoms with Crippen LogP contribution in [0.15, 0.2) is 48.5 Å². The van der Waals surface area contributed by atoms with E-state index in [9.17, 15) is 5.11 Å². The summed E-state index contributed by atoms with van der Waals surface area (Å²) in [5.41, 5.74) is 1.04. The molecule has 21 heavy (non-hydrogen) atoms. The molecule has 0 aliphatic heterocycles. The second-order valence-electron chi connectivity index (χ2n) is 5.92. The average Bonchev–Trinajstić information content (AvgIpc) is 3.26. The van der Waals surface area contributed by atoms with Gasteiger partial charge in [0, 0.05) is 11.4 Å². The van der Waals surface area contributed by atoms with Gasteiger partial charge in [-0.15, -0.1) is 0 Å². The summed E-state index contributed by atoms with van der Waals surface area (Å²) in [6, 6.07) is 15.3. The van der Waals surface area contributed by atoms with Crippen LogP contribution in [0.25, 0.3) is 0 Å². The molecule has 0 bridgehead atoms. The zero-order chi connectivity index (χ0) is 14.9. The molecule has 0 amide bonds. The van der Waals surface area contributed by atoms with Gasteiger partial charge in [-0.05, 0) is 55.2 Å². The van der Waals surface area contributed by atoms with Crippen LogP contribution in [-0.2, 0) is 12.0 Å². The first-order valence-corrected chi connectivity index (χ1v) is 7.65. The van der Waals surface area contributed by atoms with Gasteiger partial charge in [-0.1, -0.05) is 35.9 Å². The van der Waals surface area contributed by atoms with E-state index in [0.29, 0.717) is 17.5 Å². The smallest absolute Gasteiger partial charge is 0.119 e. The third-order valence-electron chi connectivity index (χ3n) is 3.76. The molecule has 0 aromatic heterocycles. The van der Waals surface area contributed by atoms with Crippen LogP contribution < -0.4 is 4.74 Å². The molecule has 1 unspecified atom stereocenters. The van der Waals surface area contributed by atoms with Crippen molar-refractivity contribution in [2.24, 2.45) is 0 Å². The average molecular weight is 303 g/mol. The molecule has 1 aliphatic rings. The number of rotatable bonds is 5. The van der Waals surface area contributed by atoms with Gasteiger partial charge in [-0.2, -0.15) is 0 Å². The second kappa shape index (κ2) is 5.70.